The summed E-state index contributed by atoms with van der Waals surface area (Å²) in [4.78, 5) is 53.1. The normalized spacial score (nSPS) is 37.5. The van der Waals surface area contributed by atoms with Crippen molar-refractivity contribution in [2.24, 2.45) is 11.3 Å². The van der Waals surface area contributed by atoms with E-state index in [1.165, 1.54) is 21.0 Å². The number of para-hydroxylation sites is 1. The van der Waals surface area contributed by atoms with Crippen molar-refractivity contribution in [3.63, 3.8) is 0 Å². The Kier molecular flexibility index (Phi) is 9.06. The second-order valence-electron chi connectivity index (χ2n) is 18.3. The van der Waals surface area contributed by atoms with Crippen LogP contribution < -0.4 is 9.64 Å². The number of nitrogens with one attached hydrogen (secondary N) is 1. The molecule has 9 rings (SSSR count). The fraction of sp³-hybridized carbons (Fsp3) is 0.587. The van der Waals surface area contributed by atoms with Gasteiger partial charge in [-0.1, -0.05) is 44.2 Å². The molecule has 2 saturated heterocycles. The molecule has 0 amide bonds. The van der Waals surface area contributed by atoms with Crippen LogP contribution in [0.1, 0.15) is 82.2 Å². The highest BCUT2D eigenvalue weighted by Gasteiger charge is 2.79. The molecule has 5 aliphatic heterocycles. The van der Waals surface area contributed by atoms with Gasteiger partial charge in [0, 0.05) is 90.9 Å². The molecule has 3 N–H and O–H groups in total. The van der Waals surface area contributed by atoms with E-state index in [1.54, 1.807) is 7.11 Å². The van der Waals surface area contributed by atoms with Gasteiger partial charge in [-0.05, 0) is 81.2 Å². The molecule has 2 aromatic carbocycles. The number of ketones is 1. The first-order valence-electron chi connectivity index (χ1n) is 21.1. The molecule has 10 atom stereocenters. The van der Waals surface area contributed by atoms with E-state index < -0.39 is 57.3 Å². The first kappa shape index (κ1) is 39.2. The Morgan fingerprint density at radius 1 is 0.983 bits per heavy atom. The first-order valence-corrected chi connectivity index (χ1v) is 21.1. The monoisotopic (exact) mass is 794 g/mol. The van der Waals surface area contributed by atoms with E-state index in [2.05, 4.69) is 39.1 Å². The van der Waals surface area contributed by atoms with Crippen LogP contribution >= 0.6 is 0 Å². The van der Waals surface area contributed by atoms with Gasteiger partial charge < -0.3 is 34.3 Å². The molecule has 6 aliphatic rings. The van der Waals surface area contributed by atoms with Crippen LogP contribution in [0.2, 0.25) is 0 Å². The molecule has 1 saturated carbocycles. The lowest BCUT2D eigenvalue weighted by molar-refractivity contribution is -0.215. The van der Waals surface area contributed by atoms with Crippen molar-refractivity contribution in [3.05, 3.63) is 70.9 Å². The molecule has 1 aliphatic carbocycles. The lowest BCUT2D eigenvalue weighted by Crippen LogP contribution is -2.81. The number of carbonyl (C=O) groups is 3. The van der Waals surface area contributed by atoms with E-state index in [-0.39, 0.29) is 12.0 Å². The quantitative estimate of drug-likeness (QED) is 0.231. The van der Waals surface area contributed by atoms with Crippen LogP contribution in [0, 0.1) is 11.3 Å². The van der Waals surface area contributed by atoms with Gasteiger partial charge in [0.05, 0.1) is 25.9 Å². The van der Waals surface area contributed by atoms with Crippen LogP contribution in [0.4, 0.5) is 5.69 Å². The van der Waals surface area contributed by atoms with Crippen molar-refractivity contribution < 1.29 is 38.8 Å². The molecule has 3 fully saturated rings. The van der Waals surface area contributed by atoms with Gasteiger partial charge in [-0.3, -0.25) is 24.2 Å². The third kappa shape index (κ3) is 4.98. The predicted octanol–water partition coefficient (Wildman–Crippen LogP) is 4.41. The molecule has 6 heterocycles. The number of hydrogen-bond acceptors (Lipinski definition) is 11. The van der Waals surface area contributed by atoms with Crippen molar-refractivity contribution in [1.82, 2.24) is 14.8 Å². The maximum atomic E-state index is 15.3. The smallest absolute Gasteiger partial charge is 0.322 e. The van der Waals surface area contributed by atoms with Gasteiger partial charge in [0.25, 0.3) is 0 Å². The van der Waals surface area contributed by atoms with E-state index in [4.69, 9.17) is 14.2 Å². The average Bonchev–Trinajstić information content (AvgIpc) is 3.87. The van der Waals surface area contributed by atoms with Crippen LogP contribution in [0.15, 0.2) is 48.6 Å². The van der Waals surface area contributed by atoms with Crippen molar-refractivity contribution in [3.8, 4) is 5.75 Å². The fourth-order valence-corrected chi connectivity index (χ4v) is 13.5. The molecule has 1 aromatic heterocycles. The van der Waals surface area contributed by atoms with Crippen LogP contribution in [-0.2, 0) is 41.1 Å². The number of aliphatic hydroxyl groups is 2. The number of H-pyrrole nitrogens is 1. The Labute approximate surface area is 340 Å². The molecule has 2 unspecified atom stereocenters. The number of aromatic nitrogens is 1. The lowest BCUT2D eigenvalue weighted by atomic mass is 9.47. The summed E-state index contributed by atoms with van der Waals surface area (Å²) in [7, 11) is 4.97. The second kappa shape index (κ2) is 13.4. The number of ether oxygens (including phenoxy) is 3. The molecule has 2 bridgehead atoms. The van der Waals surface area contributed by atoms with Gasteiger partial charge in [-0.25, -0.2) is 0 Å². The van der Waals surface area contributed by atoms with Crippen molar-refractivity contribution in [2.45, 2.75) is 106 Å². The Balaban J connectivity index is 1.36. The van der Waals surface area contributed by atoms with Gasteiger partial charge in [-0.15, -0.1) is 0 Å². The van der Waals surface area contributed by atoms with Crippen LogP contribution in [-0.4, -0.2) is 126 Å². The Hall–Kier alpha value is -4.23. The SMILES string of the molecule is CC[C@]1(O)C[C@@H]2CN(CCc3c([nH]c4ccccc34)C(C(=O)OC)(c3cc4c(cc3OC)N(C)[C@H]3[C@@](O)(C(C)=O)[C@H](OC(C)=O)[C@]5(CC)C=CCN6CC[C@]43[C@@H]65)C2)C1. The average molecular weight is 795 g/mol. The molecular weight excluding hydrogens is 737 g/mol. The zero-order chi connectivity index (χ0) is 41.2. The number of benzene rings is 2. The Morgan fingerprint density at radius 2 is 1.76 bits per heavy atom. The largest absolute Gasteiger partial charge is 0.496 e. The van der Waals surface area contributed by atoms with Crippen molar-refractivity contribution in [1.29, 1.82) is 0 Å². The highest BCUT2D eigenvalue weighted by molar-refractivity contribution is 5.95. The number of anilines is 1. The maximum absolute atomic E-state index is 15.3. The summed E-state index contributed by atoms with van der Waals surface area (Å²) in [6, 6.07) is 11.2. The maximum Gasteiger partial charge on any atom is 0.322 e. The third-order valence-corrected chi connectivity index (χ3v) is 15.7. The molecule has 310 valence electrons. The number of likely N-dealkylation sites (N-methyl/N-ethyl adjacent to an activating group) is 1. The number of nitrogens with zero attached hydrogens (tertiary/aromatic N) is 3. The highest BCUT2D eigenvalue weighted by atomic mass is 16.6. The van der Waals surface area contributed by atoms with E-state index >= 15 is 4.79 Å². The molecule has 1 spiro atoms. The zero-order valence-corrected chi connectivity index (χ0v) is 34.9. The fourth-order valence-electron chi connectivity index (χ4n) is 13.5. The minimum atomic E-state index is -2.09. The van der Waals surface area contributed by atoms with Gasteiger partial charge >= 0.3 is 11.9 Å². The molecular formula is C46H58N4O8. The Bertz CT molecular complexity index is 2240. The summed E-state index contributed by atoms with van der Waals surface area (Å²) in [5.74, 6) is -1.04. The van der Waals surface area contributed by atoms with Gasteiger partial charge in [0.1, 0.15) is 11.2 Å². The topological polar surface area (TPSA) is 145 Å². The minimum absolute atomic E-state index is 0.0816. The van der Waals surface area contributed by atoms with E-state index in [9.17, 15) is 19.8 Å². The third-order valence-electron chi connectivity index (χ3n) is 15.7. The van der Waals surface area contributed by atoms with E-state index in [1.807, 2.05) is 50.1 Å². The Morgan fingerprint density at radius 3 is 2.45 bits per heavy atom. The highest BCUT2D eigenvalue weighted by Crippen LogP contribution is 2.68. The first-order chi connectivity index (χ1) is 27.7. The standard InChI is InChI=1S/C46H58N4O8/c1-8-42(54)23-29-24-45(41(53)57-7,37-31(15-19-49(25-29)26-42)30-13-10-11-14-34(30)47-37)33-21-32-35(22-36(33)56-6)48(5)39-44(32)17-20-50-18-12-16-43(9-2,38(44)50)40(58-28(4)52)46(39,55)27(3)51/h10-14,16,21-22,29,38-40,47,54-55H,8-9,15,17-20,23-26H2,1-7H3/t29-,38-,39+,40+,42-,43+,44+,45?,46-/m0/s1. The molecule has 12 heteroatoms. The summed E-state index contributed by atoms with van der Waals surface area (Å²) < 4.78 is 18.5. The second-order valence-corrected chi connectivity index (χ2v) is 18.3. The summed E-state index contributed by atoms with van der Waals surface area (Å²) in [5, 5.41) is 26.3. The van der Waals surface area contributed by atoms with Crippen LogP contribution in [0.25, 0.3) is 10.9 Å². The predicted molar refractivity (Wildman–Crippen MR) is 219 cm³/mol. The summed E-state index contributed by atoms with van der Waals surface area (Å²) in [6.45, 7) is 10.2. The summed E-state index contributed by atoms with van der Waals surface area (Å²) in [6.07, 6.45) is 6.30. The molecule has 58 heavy (non-hydrogen) atoms. The van der Waals surface area contributed by atoms with Gasteiger partial charge in [-0.2, -0.15) is 0 Å². The number of aromatic amines is 1. The van der Waals surface area contributed by atoms with Gasteiger partial charge in [0.15, 0.2) is 17.5 Å². The number of hydrogen-bond donors (Lipinski definition) is 3. The molecule has 12 nitrogen and oxygen atoms in total. The number of carbonyl (C=O) groups excluding carboxylic acids is 3. The van der Waals surface area contributed by atoms with Gasteiger partial charge in [0.2, 0.25) is 0 Å². The lowest BCUT2D eigenvalue weighted by Gasteiger charge is -2.64. The number of rotatable bonds is 7. The minimum Gasteiger partial charge on any atom is -0.496 e. The van der Waals surface area contributed by atoms with Crippen LogP contribution in [0.5, 0.6) is 5.75 Å². The summed E-state index contributed by atoms with van der Waals surface area (Å²) >= 11 is 0. The number of esters is 2. The van der Waals surface area contributed by atoms with Crippen LogP contribution in [0.3, 0.4) is 0 Å². The van der Waals surface area contributed by atoms with E-state index in [0.717, 1.165) is 46.5 Å². The van der Waals surface area contributed by atoms with Crippen molar-refractivity contribution >= 4 is 34.3 Å². The number of piperidine rings is 1. The number of fused-ring (bicyclic) bond motifs is 6. The number of methoxy groups -OCH3 is 2. The zero-order valence-electron chi connectivity index (χ0n) is 34.9. The van der Waals surface area contributed by atoms with E-state index in [0.29, 0.717) is 69.5 Å². The van der Waals surface area contributed by atoms with Crippen molar-refractivity contribution in [2.75, 3.05) is 58.9 Å². The summed E-state index contributed by atoms with van der Waals surface area (Å²) in [5.41, 5.74) is -1.04. The molecule has 3 aromatic rings. The number of Topliss-reactive ketones (excluding diaryl/α,β-unsaturated/α-hetero) is 1. The molecule has 0 radical (unpaired) electrons.